The number of hydrogen-bond donors (Lipinski definition) is 1. The fourth-order valence-electron chi connectivity index (χ4n) is 3.83. The molecule has 0 amide bonds. The van der Waals surface area contributed by atoms with Crippen LogP contribution in [0.5, 0.6) is 0 Å². The number of aromatic nitrogens is 1. The van der Waals surface area contributed by atoms with Crippen molar-refractivity contribution >= 4 is 0 Å². The molecular weight excluding hydrogens is 250 g/mol. The summed E-state index contributed by atoms with van der Waals surface area (Å²) in [5, 5.41) is 20.1. The number of piperidine rings is 2. The highest BCUT2D eigenvalue weighted by Crippen LogP contribution is 2.43. The molecule has 20 heavy (non-hydrogen) atoms. The van der Waals surface area contributed by atoms with Gasteiger partial charge in [-0.1, -0.05) is 6.42 Å². The molecule has 2 fully saturated rings. The number of aliphatic hydroxyl groups is 1. The minimum absolute atomic E-state index is 0.450. The maximum absolute atomic E-state index is 11.1. The summed E-state index contributed by atoms with van der Waals surface area (Å²) in [5.41, 5.74) is 1.39. The number of aryl methyl sites for hydroxylation is 1. The largest absolute Gasteiger partial charge is 0.385 e. The maximum atomic E-state index is 11.1. The molecule has 0 spiro atoms. The minimum Gasteiger partial charge on any atom is -0.385 e. The number of nitrogens with zero attached hydrogens (tertiary/aromatic N) is 3. The number of fused-ring (bicyclic) bond motifs is 2. The third-order valence-electron chi connectivity index (χ3n) is 5.09. The quantitative estimate of drug-likeness (QED) is 0.849. The monoisotopic (exact) mass is 271 g/mol. The molecule has 4 heteroatoms. The molecule has 0 radical (unpaired) electrons. The molecule has 2 aliphatic heterocycles. The Balaban J connectivity index is 1.93. The van der Waals surface area contributed by atoms with Crippen LogP contribution in [0.25, 0.3) is 0 Å². The van der Waals surface area contributed by atoms with E-state index in [1.165, 1.54) is 6.42 Å². The summed E-state index contributed by atoms with van der Waals surface area (Å²) in [6.07, 6.45) is 6.82. The minimum atomic E-state index is -0.784. The van der Waals surface area contributed by atoms with Crippen LogP contribution in [-0.2, 0) is 5.60 Å². The molecular formula is C16H21N3O. The van der Waals surface area contributed by atoms with Gasteiger partial charge in [0, 0.05) is 23.8 Å². The van der Waals surface area contributed by atoms with Gasteiger partial charge in [-0.25, -0.2) is 4.98 Å². The van der Waals surface area contributed by atoms with Crippen molar-refractivity contribution in [3.8, 4) is 6.07 Å². The van der Waals surface area contributed by atoms with E-state index in [2.05, 4.69) is 23.0 Å². The predicted molar refractivity (Wildman–Crippen MR) is 76.0 cm³/mol. The summed E-state index contributed by atoms with van der Waals surface area (Å²) in [6, 6.07) is 4.94. The van der Waals surface area contributed by atoms with E-state index in [0.29, 0.717) is 17.8 Å². The maximum Gasteiger partial charge on any atom is 0.143 e. The molecule has 4 nitrogen and oxygen atoms in total. The van der Waals surface area contributed by atoms with Crippen LogP contribution >= 0.6 is 0 Å². The Kier molecular flexibility index (Phi) is 3.27. The lowest BCUT2D eigenvalue weighted by Gasteiger charge is -2.50. The Morgan fingerprint density at radius 3 is 2.60 bits per heavy atom. The first-order valence-electron chi connectivity index (χ1n) is 7.35. The zero-order chi connectivity index (χ0) is 14.3. The number of nitriles is 1. The third kappa shape index (κ3) is 2.11. The molecule has 3 heterocycles. The van der Waals surface area contributed by atoms with Crippen LogP contribution < -0.4 is 0 Å². The zero-order valence-corrected chi connectivity index (χ0v) is 12.1. The Morgan fingerprint density at radius 2 is 2.05 bits per heavy atom. The first kappa shape index (κ1) is 13.5. The molecule has 106 valence electrons. The highest BCUT2D eigenvalue weighted by atomic mass is 16.3. The van der Waals surface area contributed by atoms with Crippen LogP contribution in [-0.4, -0.2) is 34.1 Å². The van der Waals surface area contributed by atoms with E-state index in [9.17, 15) is 5.11 Å². The molecule has 3 rings (SSSR count). The van der Waals surface area contributed by atoms with Crippen LogP contribution in [0.15, 0.2) is 12.3 Å². The van der Waals surface area contributed by atoms with Crippen molar-refractivity contribution in [1.29, 1.82) is 5.26 Å². The van der Waals surface area contributed by atoms with Crippen LogP contribution in [0.3, 0.4) is 0 Å². The van der Waals surface area contributed by atoms with Gasteiger partial charge in [-0.05, 0) is 51.3 Å². The van der Waals surface area contributed by atoms with Crippen molar-refractivity contribution in [3.05, 3.63) is 29.1 Å². The Labute approximate surface area is 120 Å². The second kappa shape index (κ2) is 4.83. The van der Waals surface area contributed by atoms with E-state index in [1.807, 2.05) is 13.0 Å². The molecule has 0 aromatic carbocycles. The van der Waals surface area contributed by atoms with Gasteiger partial charge in [0.15, 0.2) is 0 Å². The first-order valence-corrected chi connectivity index (χ1v) is 7.35. The summed E-state index contributed by atoms with van der Waals surface area (Å²) in [5.74, 6) is 0. The summed E-state index contributed by atoms with van der Waals surface area (Å²) in [4.78, 5) is 6.63. The van der Waals surface area contributed by atoms with Crippen molar-refractivity contribution < 1.29 is 5.11 Å². The molecule has 2 bridgehead atoms. The van der Waals surface area contributed by atoms with E-state index < -0.39 is 5.60 Å². The number of hydrogen-bond acceptors (Lipinski definition) is 4. The van der Waals surface area contributed by atoms with Crippen molar-refractivity contribution in [1.82, 2.24) is 9.88 Å². The number of rotatable bonds is 1. The molecule has 1 N–H and O–H groups in total. The summed E-state index contributed by atoms with van der Waals surface area (Å²) in [7, 11) is 2.18. The van der Waals surface area contributed by atoms with Gasteiger partial charge < -0.3 is 10.0 Å². The van der Waals surface area contributed by atoms with Crippen LogP contribution in [0.4, 0.5) is 0 Å². The average Bonchev–Trinajstić information content (AvgIpc) is 2.41. The third-order valence-corrected chi connectivity index (χ3v) is 5.09. The summed E-state index contributed by atoms with van der Waals surface area (Å²) >= 11 is 0. The van der Waals surface area contributed by atoms with Crippen LogP contribution in [0.1, 0.15) is 48.9 Å². The van der Waals surface area contributed by atoms with Crippen molar-refractivity contribution in [2.45, 2.75) is 56.7 Å². The van der Waals surface area contributed by atoms with E-state index >= 15 is 0 Å². The molecule has 0 aliphatic carbocycles. The smallest absolute Gasteiger partial charge is 0.143 e. The van der Waals surface area contributed by atoms with E-state index in [4.69, 9.17) is 5.26 Å². The second-order valence-corrected chi connectivity index (χ2v) is 6.35. The molecule has 1 aromatic heterocycles. The molecule has 2 aliphatic rings. The van der Waals surface area contributed by atoms with E-state index in [-0.39, 0.29) is 0 Å². The summed E-state index contributed by atoms with van der Waals surface area (Å²) < 4.78 is 0. The highest BCUT2D eigenvalue weighted by molar-refractivity contribution is 5.35. The molecule has 0 saturated carbocycles. The number of pyridine rings is 1. The van der Waals surface area contributed by atoms with E-state index in [0.717, 1.165) is 36.8 Å². The predicted octanol–water partition coefficient (Wildman–Crippen LogP) is 2.10. The molecule has 2 atom stereocenters. The lowest BCUT2D eigenvalue weighted by Crippen LogP contribution is -2.55. The van der Waals surface area contributed by atoms with Gasteiger partial charge in [0.25, 0.3) is 0 Å². The van der Waals surface area contributed by atoms with Crippen LogP contribution in [0.2, 0.25) is 0 Å². The van der Waals surface area contributed by atoms with Gasteiger partial charge in [-0.3, -0.25) is 0 Å². The lowest BCUT2D eigenvalue weighted by molar-refractivity contribution is -0.0876. The molecule has 1 aromatic rings. The van der Waals surface area contributed by atoms with Crippen molar-refractivity contribution in [3.63, 3.8) is 0 Å². The van der Waals surface area contributed by atoms with Gasteiger partial charge in [0.2, 0.25) is 0 Å². The standard InChI is InChI=1S/C16H21N3O/c1-11-6-12(10-18-15(11)9-17)16(20)7-13-4-3-5-14(8-16)19(13)2/h6,10,13-14,20H,3-5,7-8H2,1-2H3. The van der Waals surface area contributed by atoms with Gasteiger partial charge in [-0.15, -0.1) is 0 Å². The SMILES string of the molecule is Cc1cc(C2(O)CC3CCCC(C2)N3C)cnc1C#N. The van der Waals surface area contributed by atoms with Gasteiger partial charge in [0.1, 0.15) is 11.8 Å². The fraction of sp³-hybridized carbons (Fsp3) is 0.625. The summed E-state index contributed by atoms with van der Waals surface area (Å²) in [6.45, 7) is 1.88. The van der Waals surface area contributed by atoms with Gasteiger partial charge >= 0.3 is 0 Å². The lowest BCUT2D eigenvalue weighted by atomic mass is 9.73. The van der Waals surface area contributed by atoms with Crippen LogP contribution in [0, 0.1) is 18.3 Å². The molecule has 2 saturated heterocycles. The topological polar surface area (TPSA) is 60.1 Å². The normalized spacial score (nSPS) is 33.7. The first-order chi connectivity index (χ1) is 9.53. The second-order valence-electron chi connectivity index (χ2n) is 6.35. The Morgan fingerprint density at radius 1 is 1.40 bits per heavy atom. The van der Waals surface area contributed by atoms with E-state index in [1.54, 1.807) is 6.20 Å². The zero-order valence-electron chi connectivity index (χ0n) is 12.1. The van der Waals surface area contributed by atoms with Crippen molar-refractivity contribution in [2.75, 3.05) is 7.05 Å². The highest BCUT2D eigenvalue weighted by Gasteiger charge is 2.45. The van der Waals surface area contributed by atoms with Gasteiger partial charge in [-0.2, -0.15) is 5.26 Å². The van der Waals surface area contributed by atoms with Gasteiger partial charge in [0.05, 0.1) is 5.60 Å². The average molecular weight is 271 g/mol. The fourth-order valence-corrected chi connectivity index (χ4v) is 3.83. The Bertz CT molecular complexity index is 549. The Hall–Kier alpha value is -1.44. The molecule has 2 unspecified atom stereocenters. The van der Waals surface area contributed by atoms with Crippen molar-refractivity contribution in [2.24, 2.45) is 0 Å².